The van der Waals surface area contributed by atoms with Crippen molar-refractivity contribution in [2.24, 2.45) is 0 Å². The van der Waals surface area contributed by atoms with Gasteiger partial charge in [-0.15, -0.1) is 0 Å². The second-order valence-electron chi connectivity index (χ2n) is 8.25. The molecule has 8 nitrogen and oxygen atoms in total. The normalized spacial score (nSPS) is 11.6. The van der Waals surface area contributed by atoms with Gasteiger partial charge in [0.2, 0.25) is 0 Å². The summed E-state index contributed by atoms with van der Waals surface area (Å²) in [7, 11) is 0. The SMILES string of the molecule is CC(C)Nc1cncc(-c2ccc3[nH]nc(-c4nc5c(-c6ccoc6)nccc5[nH]4)c3c2)c1. The Kier molecular flexibility index (Phi) is 4.43. The first kappa shape index (κ1) is 19.2. The van der Waals surface area contributed by atoms with E-state index in [0.717, 1.165) is 55.7 Å². The number of anilines is 1. The molecule has 0 aliphatic heterocycles. The Morgan fingerprint density at radius 2 is 1.88 bits per heavy atom. The zero-order chi connectivity index (χ0) is 22.4. The second kappa shape index (κ2) is 7.59. The van der Waals surface area contributed by atoms with Gasteiger partial charge in [0.15, 0.2) is 5.82 Å². The van der Waals surface area contributed by atoms with Crippen molar-refractivity contribution in [2.45, 2.75) is 19.9 Å². The number of rotatable bonds is 5. The first-order valence-electron chi connectivity index (χ1n) is 10.7. The Morgan fingerprint density at radius 3 is 2.73 bits per heavy atom. The molecule has 0 bridgehead atoms. The lowest BCUT2D eigenvalue weighted by atomic mass is 10.0. The molecule has 5 heterocycles. The number of hydrogen-bond donors (Lipinski definition) is 3. The first-order valence-corrected chi connectivity index (χ1v) is 10.7. The number of aromatic nitrogens is 6. The van der Waals surface area contributed by atoms with E-state index in [2.05, 4.69) is 62.5 Å². The molecule has 0 amide bonds. The highest BCUT2D eigenvalue weighted by atomic mass is 16.3. The molecule has 6 rings (SSSR count). The van der Waals surface area contributed by atoms with Gasteiger partial charge >= 0.3 is 0 Å². The van der Waals surface area contributed by atoms with Crippen molar-refractivity contribution in [3.05, 3.63) is 67.5 Å². The lowest BCUT2D eigenvalue weighted by Gasteiger charge is -2.11. The average molecular weight is 435 g/mol. The Bertz CT molecular complexity index is 1580. The minimum absolute atomic E-state index is 0.333. The molecule has 0 atom stereocenters. The fourth-order valence-electron chi connectivity index (χ4n) is 4.04. The highest BCUT2D eigenvalue weighted by Gasteiger charge is 2.17. The number of benzene rings is 1. The second-order valence-corrected chi connectivity index (χ2v) is 8.25. The summed E-state index contributed by atoms with van der Waals surface area (Å²) in [4.78, 5) is 17.2. The summed E-state index contributed by atoms with van der Waals surface area (Å²) in [6.07, 6.45) is 8.77. The number of nitrogens with zero attached hydrogens (tertiary/aromatic N) is 4. The van der Waals surface area contributed by atoms with E-state index in [9.17, 15) is 0 Å². The minimum Gasteiger partial charge on any atom is -0.472 e. The van der Waals surface area contributed by atoms with Crippen LogP contribution in [-0.2, 0) is 0 Å². The lowest BCUT2D eigenvalue weighted by Crippen LogP contribution is -2.09. The van der Waals surface area contributed by atoms with Gasteiger partial charge in [0.05, 0.1) is 29.2 Å². The number of pyridine rings is 2. The molecule has 0 saturated carbocycles. The highest BCUT2D eigenvalue weighted by molar-refractivity contribution is 5.97. The van der Waals surface area contributed by atoms with Crippen molar-refractivity contribution in [3.63, 3.8) is 0 Å². The third-order valence-corrected chi connectivity index (χ3v) is 5.51. The predicted octanol–water partition coefficient (Wildman–Crippen LogP) is 5.64. The fraction of sp³-hybridized carbons (Fsp3) is 0.120. The molecule has 162 valence electrons. The lowest BCUT2D eigenvalue weighted by molar-refractivity contribution is 0.568. The van der Waals surface area contributed by atoms with E-state index in [4.69, 9.17) is 9.40 Å². The third kappa shape index (κ3) is 3.41. The maximum atomic E-state index is 5.23. The van der Waals surface area contributed by atoms with Crippen molar-refractivity contribution >= 4 is 27.6 Å². The van der Waals surface area contributed by atoms with Crippen molar-refractivity contribution in [2.75, 3.05) is 5.32 Å². The quantitative estimate of drug-likeness (QED) is 0.323. The van der Waals surface area contributed by atoms with Crippen molar-refractivity contribution in [1.29, 1.82) is 0 Å². The molecule has 0 aliphatic carbocycles. The molecular formula is C25H21N7O. The maximum absolute atomic E-state index is 5.23. The number of H-pyrrole nitrogens is 2. The zero-order valence-corrected chi connectivity index (χ0v) is 18.1. The summed E-state index contributed by atoms with van der Waals surface area (Å²) < 4.78 is 5.23. The highest BCUT2D eigenvalue weighted by Crippen LogP contribution is 2.32. The molecule has 6 aromatic rings. The van der Waals surface area contributed by atoms with Crippen LogP contribution in [0.2, 0.25) is 0 Å². The Balaban J connectivity index is 1.45. The molecule has 0 radical (unpaired) electrons. The molecule has 0 unspecified atom stereocenters. The number of furan rings is 1. The van der Waals surface area contributed by atoms with E-state index in [1.54, 1.807) is 18.7 Å². The largest absolute Gasteiger partial charge is 0.472 e. The van der Waals surface area contributed by atoms with Crippen LogP contribution in [0.4, 0.5) is 5.69 Å². The number of imidazole rings is 1. The van der Waals surface area contributed by atoms with Gasteiger partial charge in [-0.1, -0.05) is 6.07 Å². The van der Waals surface area contributed by atoms with E-state index in [1.807, 2.05) is 30.6 Å². The topological polar surface area (TPSA) is 108 Å². The summed E-state index contributed by atoms with van der Waals surface area (Å²) in [5.74, 6) is 0.680. The summed E-state index contributed by atoms with van der Waals surface area (Å²) in [6, 6.07) is 12.5. The first-order chi connectivity index (χ1) is 16.2. The molecule has 0 aliphatic rings. The molecule has 1 aromatic carbocycles. The molecule has 33 heavy (non-hydrogen) atoms. The monoisotopic (exact) mass is 435 g/mol. The average Bonchev–Trinajstić information content (AvgIpc) is 3.57. The van der Waals surface area contributed by atoms with Gasteiger partial charge in [0.25, 0.3) is 0 Å². The molecule has 0 spiro atoms. The van der Waals surface area contributed by atoms with Gasteiger partial charge in [-0.05, 0) is 49.7 Å². The third-order valence-electron chi connectivity index (χ3n) is 5.51. The fourth-order valence-corrected chi connectivity index (χ4v) is 4.04. The summed E-state index contributed by atoms with van der Waals surface area (Å²) in [6.45, 7) is 4.22. The van der Waals surface area contributed by atoms with Crippen LogP contribution in [0.3, 0.4) is 0 Å². The van der Waals surface area contributed by atoms with Crippen LogP contribution < -0.4 is 5.32 Å². The van der Waals surface area contributed by atoms with Crippen LogP contribution >= 0.6 is 0 Å². The Labute approximate surface area is 189 Å². The van der Waals surface area contributed by atoms with E-state index in [1.165, 1.54) is 0 Å². The van der Waals surface area contributed by atoms with E-state index in [-0.39, 0.29) is 0 Å². The molecule has 0 fully saturated rings. The van der Waals surface area contributed by atoms with Crippen molar-refractivity contribution in [3.8, 4) is 33.9 Å². The Hall–Kier alpha value is -4.46. The van der Waals surface area contributed by atoms with Crippen molar-refractivity contribution < 1.29 is 4.42 Å². The van der Waals surface area contributed by atoms with Gasteiger partial charge in [-0.2, -0.15) is 5.10 Å². The maximum Gasteiger partial charge on any atom is 0.159 e. The molecular weight excluding hydrogens is 414 g/mol. The van der Waals surface area contributed by atoms with Crippen molar-refractivity contribution in [1.82, 2.24) is 30.1 Å². The van der Waals surface area contributed by atoms with Crippen LogP contribution in [0.15, 0.2) is 71.9 Å². The summed E-state index contributed by atoms with van der Waals surface area (Å²) >= 11 is 0. The van der Waals surface area contributed by atoms with Gasteiger partial charge in [0, 0.05) is 41.1 Å². The van der Waals surface area contributed by atoms with Crippen LogP contribution in [0, 0.1) is 0 Å². The van der Waals surface area contributed by atoms with Gasteiger partial charge in [-0.25, -0.2) is 4.98 Å². The van der Waals surface area contributed by atoms with Crippen LogP contribution in [0.1, 0.15) is 13.8 Å². The van der Waals surface area contributed by atoms with E-state index < -0.39 is 0 Å². The summed E-state index contributed by atoms with van der Waals surface area (Å²) in [5.41, 5.74) is 8.09. The molecule has 8 heteroatoms. The van der Waals surface area contributed by atoms with Gasteiger partial charge < -0.3 is 14.7 Å². The van der Waals surface area contributed by atoms with Crippen LogP contribution in [0.5, 0.6) is 0 Å². The number of aromatic amines is 2. The zero-order valence-electron chi connectivity index (χ0n) is 18.1. The Morgan fingerprint density at radius 1 is 0.939 bits per heavy atom. The molecule has 3 N–H and O–H groups in total. The van der Waals surface area contributed by atoms with Gasteiger partial charge in [0.1, 0.15) is 16.9 Å². The van der Waals surface area contributed by atoms with E-state index in [0.29, 0.717) is 11.9 Å². The smallest absolute Gasteiger partial charge is 0.159 e. The predicted molar refractivity (Wildman–Crippen MR) is 129 cm³/mol. The minimum atomic E-state index is 0.333. The molecule has 5 aromatic heterocycles. The van der Waals surface area contributed by atoms with Crippen LogP contribution in [-0.4, -0.2) is 36.2 Å². The van der Waals surface area contributed by atoms with Gasteiger partial charge in [-0.3, -0.25) is 15.1 Å². The molecule has 0 saturated heterocycles. The number of nitrogens with one attached hydrogen (secondary N) is 3. The van der Waals surface area contributed by atoms with Crippen LogP contribution in [0.25, 0.3) is 55.8 Å². The number of hydrogen-bond acceptors (Lipinski definition) is 6. The standard InChI is InChI=1S/C25H21N7O/c1-14(2)28-18-9-17(11-26-12-18)15-3-4-20-19(10-15)23(32-31-20)25-29-21-5-7-27-22(24(21)30-25)16-6-8-33-13-16/h3-14,28H,1-2H3,(H,29,30)(H,31,32). The number of fused-ring (bicyclic) bond motifs is 2. The van der Waals surface area contributed by atoms with E-state index >= 15 is 0 Å². The summed E-state index contributed by atoms with van der Waals surface area (Å²) in [5, 5.41) is 12.1.